The maximum atomic E-state index is 13.2. The monoisotopic (exact) mass is 524 g/mol. The van der Waals surface area contributed by atoms with Crippen LogP contribution in [0, 0.1) is 0 Å². The number of benzene rings is 3. The van der Waals surface area contributed by atoms with Crippen molar-refractivity contribution in [1.82, 2.24) is 5.32 Å². The van der Waals surface area contributed by atoms with Crippen molar-refractivity contribution < 1.29 is 29.0 Å². The van der Waals surface area contributed by atoms with Crippen LogP contribution in [-0.4, -0.2) is 37.1 Å². The fraction of sp³-hybridized carbons (Fsp3) is 0.0800. The molecule has 0 radical (unpaired) electrons. The van der Waals surface area contributed by atoms with Gasteiger partial charge in [0.15, 0.2) is 0 Å². The standard InChI is InChI=1S/C25H21BrN2O6/c1-33-21-10-8-15(12-18(21)26)13-20(28-23(29)16-6-4-3-5-7-16)24(30)27-19-14-17(25(31)32)9-11-22(19)34-2/h3-14H,1-2H3,(H,27,30)(H,28,29)(H,31,32). The molecule has 2 amide bonds. The third kappa shape index (κ3) is 6.02. The Bertz CT molecular complexity index is 1260. The average Bonchev–Trinajstić information content (AvgIpc) is 2.84. The highest BCUT2D eigenvalue weighted by Gasteiger charge is 2.18. The van der Waals surface area contributed by atoms with Crippen molar-refractivity contribution >= 4 is 45.5 Å². The molecule has 3 N–H and O–H groups in total. The molecule has 0 bridgehead atoms. The summed E-state index contributed by atoms with van der Waals surface area (Å²) in [4.78, 5) is 37.3. The Kier molecular flexibility index (Phi) is 8.05. The predicted molar refractivity (Wildman–Crippen MR) is 131 cm³/mol. The van der Waals surface area contributed by atoms with Gasteiger partial charge in [-0.15, -0.1) is 0 Å². The molecule has 34 heavy (non-hydrogen) atoms. The summed E-state index contributed by atoms with van der Waals surface area (Å²) < 4.78 is 11.1. The zero-order chi connectivity index (χ0) is 24.7. The molecule has 0 unspecified atom stereocenters. The lowest BCUT2D eigenvalue weighted by molar-refractivity contribution is -0.113. The van der Waals surface area contributed by atoms with E-state index < -0.39 is 17.8 Å². The van der Waals surface area contributed by atoms with Gasteiger partial charge in [0.05, 0.1) is 29.9 Å². The number of anilines is 1. The smallest absolute Gasteiger partial charge is 0.335 e. The van der Waals surface area contributed by atoms with Gasteiger partial charge in [-0.25, -0.2) is 4.79 Å². The molecule has 8 nitrogen and oxygen atoms in total. The predicted octanol–water partition coefficient (Wildman–Crippen LogP) is 4.57. The van der Waals surface area contributed by atoms with E-state index in [0.717, 1.165) is 0 Å². The Morgan fingerprint density at radius 1 is 0.882 bits per heavy atom. The van der Waals surface area contributed by atoms with Crippen LogP contribution in [0.25, 0.3) is 6.08 Å². The summed E-state index contributed by atoms with van der Waals surface area (Å²) in [6.45, 7) is 0. The number of hydrogen-bond donors (Lipinski definition) is 3. The molecule has 3 aromatic rings. The van der Waals surface area contributed by atoms with Gasteiger partial charge in [-0.3, -0.25) is 9.59 Å². The minimum Gasteiger partial charge on any atom is -0.496 e. The lowest BCUT2D eigenvalue weighted by Crippen LogP contribution is -2.30. The first-order valence-corrected chi connectivity index (χ1v) is 10.8. The van der Waals surface area contributed by atoms with E-state index in [-0.39, 0.29) is 22.7 Å². The Labute approximate surface area is 204 Å². The molecule has 0 aliphatic rings. The number of ether oxygens (including phenoxy) is 2. The number of halogens is 1. The average molecular weight is 525 g/mol. The van der Waals surface area contributed by atoms with Crippen molar-refractivity contribution in [1.29, 1.82) is 0 Å². The van der Waals surface area contributed by atoms with E-state index in [9.17, 15) is 19.5 Å². The van der Waals surface area contributed by atoms with Crippen LogP contribution < -0.4 is 20.1 Å². The first-order valence-electron chi connectivity index (χ1n) is 9.96. The molecule has 0 heterocycles. The van der Waals surface area contributed by atoms with Crippen molar-refractivity contribution in [2.45, 2.75) is 0 Å². The summed E-state index contributed by atoms with van der Waals surface area (Å²) in [7, 11) is 2.93. The van der Waals surface area contributed by atoms with E-state index in [2.05, 4.69) is 26.6 Å². The summed E-state index contributed by atoms with van der Waals surface area (Å²) >= 11 is 3.40. The molecule has 0 aromatic heterocycles. The van der Waals surface area contributed by atoms with Crippen molar-refractivity contribution in [2.75, 3.05) is 19.5 Å². The van der Waals surface area contributed by atoms with Crippen LogP contribution in [0.5, 0.6) is 11.5 Å². The number of rotatable bonds is 8. The maximum Gasteiger partial charge on any atom is 0.335 e. The normalized spacial score (nSPS) is 10.9. The van der Waals surface area contributed by atoms with Gasteiger partial charge in [0, 0.05) is 5.56 Å². The van der Waals surface area contributed by atoms with Crippen molar-refractivity contribution in [3.63, 3.8) is 0 Å². The van der Waals surface area contributed by atoms with Crippen molar-refractivity contribution in [3.05, 3.63) is 93.6 Å². The molecule has 0 aliphatic carbocycles. The summed E-state index contributed by atoms with van der Waals surface area (Å²) in [5.74, 6) is -1.45. The minimum absolute atomic E-state index is 0.0333. The second kappa shape index (κ2) is 11.2. The fourth-order valence-electron chi connectivity index (χ4n) is 3.01. The molecule has 0 saturated heterocycles. The quantitative estimate of drug-likeness (QED) is 0.372. The van der Waals surface area contributed by atoms with Crippen LogP contribution in [0.3, 0.4) is 0 Å². The van der Waals surface area contributed by atoms with Gasteiger partial charge in [0.25, 0.3) is 11.8 Å². The van der Waals surface area contributed by atoms with Gasteiger partial charge in [0.1, 0.15) is 17.2 Å². The van der Waals surface area contributed by atoms with Crippen LogP contribution in [0.15, 0.2) is 76.9 Å². The Hall–Kier alpha value is -4.11. The first-order chi connectivity index (χ1) is 16.3. The van der Waals surface area contributed by atoms with Crippen LogP contribution in [0.4, 0.5) is 5.69 Å². The third-order valence-corrected chi connectivity index (χ3v) is 5.33. The summed E-state index contributed by atoms with van der Waals surface area (Å²) in [5.41, 5.74) is 1.02. The fourth-order valence-corrected chi connectivity index (χ4v) is 3.57. The topological polar surface area (TPSA) is 114 Å². The van der Waals surface area contributed by atoms with Crippen LogP contribution in [-0.2, 0) is 4.79 Å². The minimum atomic E-state index is -1.16. The largest absolute Gasteiger partial charge is 0.496 e. The van der Waals surface area contributed by atoms with Crippen LogP contribution >= 0.6 is 15.9 Å². The van der Waals surface area contributed by atoms with Gasteiger partial charge in [0.2, 0.25) is 0 Å². The van der Waals surface area contributed by atoms with E-state index in [1.54, 1.807) is 48.5 Å². The molecule has 0 spiro atoms. The number of aromatic carboxylic acids is 1. The van der Waals surface area contributed by atoms with Gasteiger partial charge in [-0.05, 0) is 70.0 Å². The molecule has 9 heteroatoms. The Morgan fingerprint density at radius 2 is 1.56 bits per heavy atom. The number of carboxylic acid groups (broad SMARTS) is 1. The molecule has 0 fully saturated rings. The number of carbonyl (C=O) groups excluding carboxylic acids is 2. The van der Waals surface area contributed by atoms with Gasteiger partial charge in [-0.2, -0.15) is 0 Å². The molecule has 0 atom stereocenters. The molecule has 0 aliphatic heterocycles. The first kappa shape index (κ1) is 24.5. The van der Waals surface area contributed by atoms with E-state index >= 15 is 0 Å². The third-order valence-electron chi connectivity index (χ3n) is 4.71. The highest BCUT2D eigenvalue weighted by molar-refractivity contribution is 9.10. The molecule has 3 rings (SSSR count). The zero-order valence-electron chi connectivity index (χ0n) is 18.3. The Balaban J connectivity index is 1.98. The molecular weight excluding hydrogens is 504 g/mol. The van der Waals surface area contributed by atoms with Gasteiger partial charge < -0.3 is 25.2 Å². The summed E-state index contributed by atoms with van der Waals surface area (Å²) in [6.07, 6.45) is 1.49. The SMILES string of the molecule is COc1ccc(C=C(NC(=O)c2ccccc2)C(=O)Nc2cc(C(=O)O)ccc2OC)cc1Br. The van der Waals surface area contributed by atoms with Gasteiger partial charge in [-0.1, -0.05) is 24.3 Å². The summed E-state index contributed by atoms with van der Waals surface area (Å²) in [6, 6.07) is 17.7. The lowest BCUT2D eigenvalue weighted by Gasteiger charge is -2.14. The van der Waals surface area contributed by atoms with E-state index in [1.165, 1.54) is 38.5 Å². The van der Waals surface area contributed by atoms with Gasteiger partial charge >= 0.3 is 5.97 Å². The maximum absolute atomic E-state index is 13.2. The number of carbonyl (C=O) groups is 3. The van der Waals surface area contributed by atoms with Crippen molar-refractivity contribution in [2.24, 2.45) is 0 Å². The van der Waals surface area contributed by atoms with E-state index in [4.69, 9.17) is 9.47 Å². The summed E-state index contributed by atoms with van der Waals surface area (Å²) in [5, 5.41) is 14.5. The Morgan fingerprint density at radius 3 is 2.18 bits per heavy atom. The number of methoxy groups -OCH3 is 2. The molecule has 0 saturated carbocycles. The number of hydrogen-bond acceptors (Lipinski definition) is 5. The molecule has 3 aromatic carbocycles. The van der Waals surface area contributed by atoms with E-state index in [0.29, 0.717) is 21.3 Å². The molecule has 174 valence electrons. The number of nitrogens with one attached hydrogen (secondary N) is 2. The van der Waals surface area contributed by atoms with Crippen LogP contribution in [0.1, 0.15) is 26.3 Å². The highest BCUT2D eigenvalue weighted by atomic mass is 79.9. The van der Waals surface area contributed by atoms with Crippen LogP contribution in [0.2, 0.25) is 0 Å². The molecular formula is C25H21BrN2O6. The second-order valence-corrected chi connectivity index (χ2v) is 7.80. The number of carboxylic acids is 1. The number of amides is 2. The van der Waals surface area contributed by atoms with Crippen molar-refractivity contribution in [3.8, 4) is 11.5 Å². The van der Waals surface area contributed by atoms with E-state index in [1.807, 2.05) is 0 Å². The second-order valence-electron chi connectivity index (χ2n) is 6.95. The lowest BCUT2D eigenvalue weighted by atomic mass is 10.1. The highest BCUT2D eigenvalue weighted by Crippen LogP contribution is 2.28. The zero-order valence-corrected chi connectivity index (χ0v) is 19.9.